The lowest BCUT2D eigenvalue weighted by molar-refractivity contribution is 0.0566. The van der Waals surface area contributed by atoms with E-state index >= 15 is 0 Å². The molecule has 0 radical (unpaired) electrons. The van der Waals surface area contributed by atoms with Crippen LogP contribution in [0.5, 0.6) is 0 Å². The molecule has 3 aliphatic rings. The number of alkyl halides is 2. The predicted octanol–water partition coefficient (Wildman–Crippen LogP) is 6.95. The highest BCUT2D eigenvalue weighted by Gasteiger charge is 2.51. The molecule has 5 nitrogen and oxygen atoms in total. The Hall–Kier alpha value is -2.65. The van der Waals surface area contributed by atoms with Crippen LogP contribution in [0.15, 0.2) is 52.9 Å². The average molecular weight is 518 g/mol. The highest BCUT2D eigenvalue weighted by molar-refractivity contribution is 7.11. The van der Waals surface area contributed by atoms with Crippen molar-refractivity contribution in [2.45, 2.75) is 45.2 Å². The number of benzene rings is 1. The van der Waals surface area contributed by atoms with Crippen LogP contribution in [0.4, 0.5) is 13.2 Å². The molecule has 2 unspecified atom stereocenters. The topological polar surface area (TPSA) is 46.3 Å². The third-order valence-electron chi connectivity index (χ3n) is 7.76. The summed E-state index contributed by atoms with van der Waals surface area (Å²) in [6.45, 7) is 0.355. The van der Waals surface area contributed by atoms with E-state index in [0.29, 0.717) is 21.7 Å². The summed E-state index contributed by atoms with van der Waals surface area (Å²) in [5.74, 6) is 0.831. The summed E-state index contributed by atoms with van der Waals surface area (Å²) in [6, 6.07) is 3.64. The lowest BCUT2D eigenvalue weighted by Crippen LogP contribution is -2.36. The number of nitrogens with zero attached hydrogens (tertiary/aromatic N) is 5. The molecule has 6 rings (SSSR count). The first-order chi connectivity index (χ1) is 16.9. The van der Waals surface area contributed by atoms with Gasteiger partial charge >= 0.3 is 6.55 Å². The monoisotopic (exact) mass is 517 g/mol. The number of fused-ring (bicyclic) bond motifs is 1. The zero-order valence-corrected chi connectivity index (χ0v) is 20.5. The van der Waals surface area contributed by atoms with Crippen LogP contribution < -0.4 is 0 Å². The van der Waals surface area contributed by atoms with Crippen molar-refractivity contribution in [3.8, 4) is 0 Å². The summed E-state index contributed by atoms with van der Waals surface area (Å²) in [5.41, 5.74) is 3.10. The van der Waals surface area contributed by atoms with Gasteiger partial charge in [0.25, 0.3) is 0 Å². The van der Waals surface area contributed by atoms with Gasteiger partial charge < -0.3 is 4.90 Å². The van der Waals surface area contributed by atoms with Crippen LogP contribution in [0.25, 0.3) is 5.57 Å². The molecule has 4 heterocycles. The minimum atomic E-state index is -2.75. The van der Waals surface area contributed by atoms with E-state index in [1.807, 2.05) is 5.38 Å². The zero-order chi connectivity index (χ0) is 24.3. The maximum absolute atomic E-state index is 13.9. The van der Waals surface area contributed by atoms with Gasteiger partial charge in [0.15, 0.2) is 10.8 Å². The summed E-state index contributed by atoms with van der Waals surface area (Å²) >= 11 is 8.04. The van der Waals surface area contributed by atoms with Crippen molar-refractivity contribution in [3.63, 3.8) is 0 Å². The van der Waals surface area contributed by atoms with Crippen LogP contribution in [0, 0.1) is 17.2 Å². The number of hydrogen-bond donors (Lipinski definition) is 0. The number of thiazole rings is 1. The van der Waals surface area contributed by atoms with Crippen molar-refractivity contribution >= 4 is 34.3 Å². The number of halogens is 4. The Bertz CT molecular complexity index is 1330. The second-order valence-corrected chi connectivity index (χ2v) is 10.9. The highest BCUT2D eigenvalue weighted by atomic mass is 35.5. The number of aromatic nitrogens is 3. The van der Waals surface area contributed by atoms with Gasteiger partial charge in [-0.1, -0.05) is 37.4 Å². The van der Waals surface area contributed by atoms with E-state index in [4.69, 9.17) is 16.6 Å². The van der Waals surface area contributed by atoms with Crippen LogP contribution in [0.3, 0.4) is 0 Å². The number of rotatable bonds is 4. The lowest BCUT2D eigenvalue weighted by atomic mass is 9.77. The molecule has 1 saturated carbocycles. The molecule has 1 spiro atoms. The second-order valence-electron chi connectivity index (χ2n) is 9.62. The number of amidine groups is 1. The van der Waals surface area contributed by atoms with Gasteiger partial charge in [0, 0.05) is 46.2 Å². The number of hydrogen-bond acceptors (Lipinski definition) is 5. The molecule has 2 aromatic heterocycles. The summed E-state index contributed by atoms with van der Waals surface area (Å²) in [6.07, 6.45) is 8.81. The van der Waals surface area contributed by atoms with Gasteiger partial charge in [-0.25, -0.2) is 14.1 Å². The Balaban J connectivity index is 1.59. The van der Waals surface area contributed by atoms with Crippen molar-refractivity contribution in [1.82, 2.24) is 19.7 Å². The highest BCUT2D eigenvalue weighted by Crippen LogP contribution is 2.57. The lowest BCUT2D eigenvalue weighted by Gasteiger charge is -2.33. The summed E-state index contributed by atoms with van der Waals surface area (Å²) in [7, 11) is 0. The quantitative estimate of drug-likeness (QED) is 0.376. The van der Waals surface area contributed by atoms with Crippen LogP contribution in [0.1, 0.15) is 61.3 Å². The van der Waals surface area contributed by atoms with Crippen LogP contribution in [-0.2, 0) is 0 Å². The molecule has 0 N–H and O–H groups in total. The second kappa shape index (κ2) is 8.48. The molecule has 2 aliphatic heterocycles. The molecular formula is C25H23ClF3N5S. The standard InChI is InChI=1S/C25H23ClF3N5S/c1-14-3-2-6-25(14)10-19-20(15-11-31-34(12-15)24(28)29)21(17-5-4-16(27)9-18(17)26)32-22(33(19)13-25)23-30-7-8-35-23/h4-5,7-9,11-12,14,21,24H,2-3,6,10,13H2,1H3/t14?,21-,25?/m0/s1. The minimum Gasteiger partial charge on any atom is -0.327 e. The van der Waals surface area contributed by atoms with E-state index < -0.39 is 18.4 Å². The number of allylic oxidation sites excluding steroid dienone is 1. The maximum atomic E-state index is 13.9. The van der Waals surface area contributed by atoms with Crippen LogP contribution in [-0.4, -0.2) is 32.0 Å². The van der Waals surface area contributed by atoms with Gasteiger partial charge in [0.05, 0.1) is 6.20 Å². The molecule has 3 atom stereocenters. The number of aliphatic imine (C=N–C) groups is 1. The van der Waals surface area contributed by atoms with E-state index in [9.17, 15) is 13.2 Å². The van der Waals surface area contributed by atoms with Gasteiger partial charge in [-0.15, -0.1) is 11.3 Å². The van der Waals surface area contributed by atoms with Crippen molar-refractivity contribution in [2.75, 3.05) is 6.54 Å². The molecule has 35 heavy (non-hydrogen) atoms. The van der Waals surface area contributed by atoms with Crippen molar-refractivity contribution in [2.24, 2.45) is 16.3 Å². The third kappa shape index (κ3) is 3.71. The van der Waals surface area contributed by atoms with E-state index in [1.165, 1.54) is 35.9 Å². The van der Waals surface area contributed by atoms with Crippen molar-refractivity contribution < 1.29 is 13.2 Å². The minimum absolute atomic E-state index is 0.0821. The normalized spacial score (nSPS) is 26.2. The summed E-state index contributed by atoms with van der Waals surface area (Å²) in [5, 5.41) is 6.85. The Kier molecular flexibility index (Phi) is 5.52. The van der Waals surface area contributed by atoms with Crippen LogP contribution >= 0.6 is 22.9 Å². The Labute approximate surface area is 210 Å². The Morgan fingerprint density at radius 1 is 1.29 bits per heavy atom. The smallest absolute Gasteiger partial charge is 0.327 e. The molecule has 10 heteroatoms. The first-order valence-corrected chi connectivity index (χ1v) is 12.9. The average Bonchev–Trinajstić information content (AvgIpc) is 3.61. The summed E-state index contributed by atoms with van der Waals surface area (Å²) in [4.78, 5) is 11.9. The first kappa shape index (κ1) is 22.8. The van der Waals surface area contributed by atoms with E-state index in [2.05, 4.69) is 21.9 Å². The van der Waals surface area contributed by atoms with E-state index in [-0.39, 0.29) is 10.4 Å². The molecule has 2 fully saturated rings. The summed E-state index contributed by atoms with van der Waals surface area (Å²) < 4.78 is 41.5. The molecule has 0 amide bonds. The van der Waals surface area contributed by atoms with Gasteiger partial charge in [-0.05, 0) is 41.9 Å². The molecule has 1 aromatic carbocycles. The molecular weight excluding hydrogens is 495 g/mol. The largest absolute Gasteiger partial charge is 0.333 e. The van der Waals surface area contributed by atoms with Crippen LogP contribution in [0.2, 0.25) is 5.02 Å². The first-order valence-electron chi connectivity index (χ1n) is 11.6. The molecule has 3 aromatic rings. The molecule has 1 saturated heterocycles. The molecule has 182 valence electrons. The Morgan fingerprint density at radius 2 is 2.14 bits per heavy atom. The molecule has 1 aliphatic carbocycles. The fourth-order valence-corrected chi connectivity index (χ4v) is 6.84. The third-order valence-corrected chi connectivity index (χ3v) is 8.86. The van der Waals surface area contributed by atoms with Gasteiger partial charge in [0.2, 0.25) is 0 Å². The Morgan fingerprint density at radius 3 is 2.80 bits per heavy atom. The van der Waals surface area contributed by atoms with Gasteiger partial charge in [-0.3, -0.25) is 4.99 Å². The van der Waals surface area contributed by atoms with E-state index in [0.717, 1.165) is 54.3 Å². The fraction of sp³-hybridized carbons (Fsp3) is 0.400. The van der Waals surface area contributed by atoms with Crippen molar-refractivity contribution in [1.29, 1.82) is 0 Å². The molecule has 0 bridgehead atoms. The SMILES string of the molecule is CC1CCCC12CC1=C(c3cnn(C(F)F)c3)[C@H](c3ccc(F)cc3Cl)N=C(c3nccs3)N1C2. The maximum Gasteiger partial charge on any atom is 0.333 e. The van der Waals surface area contributed by atoms with Gasteiger partial charge in [-0.2, -0.15) is 13.9 Å². The van der Waals surface area contributed by atoms with E-state index in [1.54, 1.807) is 12.3 Å². The zero-order valence-electron chi connectivity index (χ0n) is 19.0. The van der Waals surface area contributed by atoms with Crippen molar-refractivity contribution in [3.05, 3.63) is 74.8 Å². The predicted molar refractivity (Wildman–Crippen MR) is 130 cm³/mol. The fourth-order valence-electron chi connectivity index (χ4n) is 5.92. The van der Waals surface area contributed by atoms with Gasteiger partial charge in [0.1, 0.15) is 11.9 Å².